The number of carbonyl (C=O) groups excluding carboxylic acids is 2. The Hall–Kier alpha value is -2.69. The van der Waals surface area contributed by atoms with E-state index in [-0.39, 0.29) is 12.3 Å². The van der Waals surface area contributed by atoms with Crippen molar-refractivity contribution < 1.29 is 18.7 Å². The van der Waals surface area contributed by atoms with E-state index in [9.17, 15) is 14.0 Å². The predicted octanol–water partition coefficient (Wildman–Crippen LogP) is 0.446. The average molecular weight is 368 g/mol. The minimum Gasteiger partial charge on any atom is -0.481 e. The topological polar surface area (TPSA) is 111 Å². The lowest BCUT2D eigenvalue weighted by Gasteiger charge is -2.15. The quantitative estimate of drug-likeness (QED) is 0.539. The molecule has 0 saturated carbocycles. The first-order valence-corrected chi connectivity index (χ1v) is 8.30. The SMILES string of the molecule is CC(Oc1ccc(F)cc1)C(=O)NNC(=O)CCSc1nnnn1C. The number of aryl methyl sites for hydroxylation is 1. The number of carbonyl (C=O) groups is 2. The van der Waals surface area contributed by atoms with E-state index >= 15 is 0 Å². The summed E-state index contributed by atoms with van der Waals surface area (Å²) in [5, 5.41) is 11.5. The van der Waals surface area contributed by atoms with Crippen LogP contribution in [0.3, 0.4) is 0 Å². The van der Waals surface area contributed by atoms with Gasteiger partial charge in [0.05, 0.1) is 0 Å². The van der Waals surface area contributed by atoms with E-state index in [0.717, 1.165) is 0 Å². The van der Waals surface area contributed by atoms with Gasteiger partial charge in [0, 0.05) is 19.2 Å². The van der Waals surface area contributed by atoms with Gasteiger partial charge in [-0.2, -0.15) is 0 Å². The second-order valence-electron chi connectivity index (χ2n) is 4.93. The number of halogens is 1. The Morgan fingerprint density at radius 3 is 2.68 bits per heavy atom. The molecular formula is C14H17FN6O3S. The Kier molecular flexibility index (Phi) is 6.69. The van der Waals surface area contributed by atoms with Gasteiger partial charge < -0.3 is 4.74 Å². The molecule has 1 heterocycles. The number of thioether (sulfide) groups is 1. The number of benzene rings is 1. The van der Waals surface area contributed by atoms with Gasteiger partial charge >= 0.3 is 0 Å². The molecule has 0 radical (unpaired) electrons. The molecule has 9 nitrogen and oxygen atoms in total. The number of amides is 2. The molecular weight excluding hydrogens is 351 g/mol. The molecule has 0 fully saturated rings. The zero-order chi connectivity index (χ0) is 18.2. The summed E-state index contributed by atoms with van der Waals surface area (Å²) in [4.78, 5) is 23.6. The molecule has 0 bridgehead atoms. The van der Waals surface area contributed by atoms with Crippen LogP contribution in [-0.2, 0) is 16.6 Å². The summed E-state index contributed by atoms with van der Waals surface area (Å²) in [5.74, 6) is -0.471. The molecule has 2 rings (SSSR count). The molecule has 0 aliphatic carbocycles. The molecule has 1 aromatic carbocycles. The molecule has 2 amide bonds. The first kappa shape index (κ1) is 18.6. The highest BCUT2D eigenvalue weighted by Gasteiger charge is 2.15. The van der Waals surface area contributed by atoms with Crippen LogP contribution >= 0.6 is 11.8 Å². The molecule has 0 aliphatic heterocycles. The maximum absolute atomic E-state index is 12.8. The molecule has 2 aromatic rings. The monoisotopic (exact) mass is 368 g/mol. The number of tetrazole rings is 1. The van der Waals surface area contributed by atoms with Gasteiger partial charge in [-0.25, -0.2) is 9.07 Å². The number of hydrogen-bond donors (Lipinski definition) is 2. The third kappa shape index (κ3) is 6.03. The van der Waals surface area contributed by atoms with Crippen LogP contribution in [0.25, 0.3) is 0 Å². The Morgan fingerprint density at radius 1 is 1.32 bits per heavy atom. The van der Waals surface area contributed by atoms with Crippen molar-refractivity contribution in [1.82, 2.24) is 31.1 Å². The number of nitrogens with one attached hydrogen (secondary N) is 2. The molecule has 134 valence electrons. The van der Waals surface area contributed by atoms with Crippen LogP contribution in [0.4, 0.5) is 4.39 Å². The molecule has 0 saturated heterocycles. The fourth-order valence-corrected chi connectivity index (χ4v) is 2.43. The maximum atomic E-state index is 12.8. The van der Waals surface area contributed by atoms with Gasteiger partial charge in [0.25, 0.3) is 5.91 Å². The number of hydrazine groups is 1. The highest BCUT2D eigenvalue weighted by molar-refractivity contribution is 7.99. The Labute approximate surface area is 147 Å². The number of hydrogen-bond acceptors (Lipinski definition) is 7. The van der Waals surface area contributed by atoms with E-state index in [1.54, 1.807) is 7.05 Å². The summed E-state index contributed by atoms with van der Waals surface area (Å²) in [7, 11) is 1.70. The Balaban J connectivity index is 1.67. The minimum absolute atomic E-state index is 0.172. The smallest absolute Gasteiger partial charge is 0.279 e. The lowest BCUT2D eigenvalue weighted by atomic mass is 10.3. The van der Waals surface area contributed by atoms with Crippen molar-refractivity contribution in [3.05, 3.63) is 30.1 Å². The summed E-state index contributed by atoms with van der Waals surface area (Å²) in [6.07, 6.45) is -0.685. The fourth-order valence-electron chi connectivity index (χ4n) is 1.64. The van der Waals surface area contributed by atoms with Crippen molar-refractivity contribution in [3.8, 4) is 5.75 Å². The standard InChI is InChI=1S/C14H17FN6O3S/c1-9(24-11-5-3-10(15)4-6-11)13(23)17-16-12(22)7-8-25-14-18-19-20-21(14)2/h3-6,9H,7-8H2,1-2H3,(H,16,22)(H,17,23). The molecule has 1 atom stereocenters. The largest absolute Gasteiger partial charge is 0.481 e. The molecule has 11 heteroatoms. The van der Waals surface area contributed by atoms with Crippen molar-refractivity contribution >= 4 is 23.6 Å². The third-order valence-corrected chi connectivity index (χ3v) is 3.97. The third-order valence-electron chi connectivity index (χ3n) is 2.96. The van der Waals surface area contributed by atoms with E-state index in [4.69, 9.17) is 4.74 Å². The van der Waals surface area contributed by atoms with Crippen LogP contribution < -0.4 is 15.6 Å². The first-order chi connectivity index (χ1) is 12.0. The van der Waals surface area contributed by atoms with Crippen LogP contribution in [0.5, 0.6) is 5.75 Å². The fraction of sp³-hybridized carbons (Fsp3) is 0.357. The summed E-state index contributed by atoms with van der Waals surface area (Å²) < 4.78 is 19.7. The van der Waals surface area contributed by atoms with Crippen molar-refractivity contribution in [1.29, 1.82) is 0 Å². The number of nitrogens with zero attached hydrogens (tertiary/aromatic N) is 4. The summed E-state index contributed by atoms with van der Waals surface area (Å²) >= 11 is 1.32. The minimum atomic E-state index is -0.857. The zero-order valence-corrected chi connectivity index (χ0v) is 14.4. The zero-order valence-electron chi connectivity index (χ0n) is 13.6. The van der Waals surface area contributed by atoms with Gasteiger partial charge in [-0.1, -0.05) is 11.8 Å². The van der Waals surface area contributed by atoms with Gasteiger partial charge in [0.2, 0.25) is 11.1 Å². The van der Waals surface area contributed by atoms with Gasteiger partial charge in [-0.15, -0.1) is 5.10 Å². The van der Waals surface area contributed by atoms with Gasteiger partial charge in [-0.3, -0.25) is 20.4 Å². The van der Waals surface area contributed by atoms with Crippen LogP contribution in [-0.4, -0.2) is 43.9 Å². The van der Waals surface area contributed by atoms with Crippen molar-refractivity contribution in [3.63, 3.8) is 0 Å². The van der Waals surface area contributed by atoms with E-state index in [2.05, 4.69) is 26.4 Å². The molecule has 25 heavy (non-hydrogen) atoms. The number of aromatic nitrogens is 4. The highest BCUT2D eigenvalue weighted by Crippen LogP contribution is 2.13. The average Bonchev–Trinajstić information content (AvgIpc) is 3.00. The first-order valence-electron chi connectivity index (χ1n) is 7.32. The molecule has 0 spiro atoms. The van der Waals surface area contributed by atoms with E-state index in [0.29, 0.717) is 16.7 Å². The van der Waals surface area contributed by atoms with E-state index in [1.807, 2.05) is 0 Å². The lowest BCUT2D eigenvalue weighted by molar-refractivity contribution is -0.132. The maximum Gasteiger partial charge on any atom is 0.279 e. The van der Waals surface area contributed by atoms with Crippen LogP contribution in [0.15, 0.2) is 29.4 Å². The second kappa shape index (κ2) is 8.97. The van der Waals surface area contributed by atoms with Crippen molar-refractivity contribution in [2.75, 3.05) is 5.75 Å². The molecule has 1 unspecified atom stereocenters. The Morgan fingerprint density at radius 2 is 2.04 bits per heavy atom. The molecule has 0 aliphatic rings. The van der Waals surface area contributed by atoms with Gasteiger partial charge in [0.1, 0.15) is 11.6 Å². The number of rotatable bonds is 7. The van der Waals surface area contributed by atoms with Gasteiger partial charge in [-0.05, 0) is 41.6 Å². The summed E-state index contributed by atoms with van der Waals surface area (Å²) in [5.41, 5.74) is 4.58. The highest BCUT2D eigenvalue weighted by atomic mass is 32.2. The predicted molar refractivity (Wildman–Crippen MR) is 86.9 cm³/mol. The lowest BCUT2D eigenvalue weighted by Crippen LogP contribution is -2.47. The van der Waals surface area contributed by atoms with E-state index < -0.39 is 17.8 Å². The van der Waals surface area contributed by atoms with Crippen molar-refractivity contribution in [2.24, 2.45) is 7.05 Å². The molecule has 1 aromatic heterocycles. The number of ether oxygens (including phenoxy) is 1. The second-order valence-corrected chi connectivity index (χ2v) is 6.00. The summed E-state index contributed by atoms with van der Waals surface area (Å²) in [6.45, 7) is 1.52. The van der Waals surface area contributed by atoms with Crippen LogP contribution in [0.2, 0.25) is 0 Å². The normalized spacial score (nSPS) is 11.6. The van der Waals surface area contributed by atoms with Crippen LogP contribution in [0, 0.1) is 5.82 Å². The van der Waals surface area contributed by atoms with Crippen molar-refractivity contribution in [2.45, 2.75) is 24.6 Å². The Bertz CT molecular complexity index is 724. The molecule has 2 N–H and O–H groups in total. The van der Waals surface area contributed by atoms with Crippen LogP contribution in [0.1, 0.15) is 13.3 Å². The van der Waals surface area contributed by atoms with Gasteiger partial charge in [0.15, 0.2) is 6.10 Å². The van der Waals surface area contributed by atoms with E-state index in [1.165, 1.54) is 47.6 Å². The summed E-state index contributed by atoms with van der Waals surface area (Å²) in [6, 6.07) is 5.28.